The van der Waals surface area contributed by atoms with Gasteiger partial charge in [-0.1, -0.05) is 53.2 Å². The van der Waals surface area contributed by atoms with Crippen molar-refractivity contribution in [3.8, 4) is 0 Å². The molecule has 0 atom stereocenters. The largest absolute Gasteiger partial charge is 0.0801 e. The van der Waals surface area contributed by atoms with E-state index >= 15 is 0 Å². The van der Waals surface area contributed by atoms with Gasteiger partial charge in [0.1, 0.15) is 0 Å². The number of allylic oxidation sites excluding steroid dienone is 4. The van der Waals surface area contributed by atoms with Crippen molar-refractivity contribution in [2.45, 2.75) is 73.6 Å². The Morgan fingerprint density at radius 2 is 1.38 bits per heavy atom. The number of rotatable bonds is 4. The quantitative estimate of drug-likeness (QED) is 0.558. The van der Waals surface area contributed by atoms with Crippen LogP contribution in [0.1, 0.15) is 73.6 Å². The van der Waals surface area contributed by atoms with Crippen LogP contribution in [0.5, 0.6) is 0 Å². The smallest absolute Gasteiger partial charge is 0.00464 e. The van der Waals surface area contributed by atoms with Gasteiger partial charge in [-0.3, -0.25) is 0 Å². The van der Waals surface area contributed by atoms with Gasteiger partial charge in [-0.2, -0.15) is 0 Å². The van der Waals surface area contributed by atoms with Crippen LogP contribution in [-0.4, -0.2) is 0 Å². The van der Waals surface area contributed by atoms with Gasteiger partial charge in [0.05, 0.1) is 0 Å². The molecule has 0 aromatic rings. The molecule has 0 saturated carbocycles. The van der Waals surface area contributed by atoms with E-state index in [-0.39, 0.29) is 0 Å². The molecule has 0 bridgehead atoms. The lowest BCUT2D eigenvalue weighted by Gasteiger charge is -2.26. The summed E-state index contributed by atoms with van der Waals surface area (Å²) < 4.78 is 0. The average Bonchev–Trinajstić information content (AvgIpc) is 2.38. The lowest BCUT2D eigenvalue weighted by Crippen LogP contribution is -2.09. The van der Waals surface area contributed by atoms with Crippen LogP contribution in [0.4, 0.5) is 0 Å². The van der Waals surface area contributed by atoms with Crippen molar-refractivity contribution in [2.24, 2.45) is 0 Å². The van der Waals surface area contributed by atoms with Gasteiger partial charge in [0, 0.05) is 5.92 Å². The predicted octanol–water partition coefficient (Wildman–Crippen LogP) is 5.85. The average molecular weight is 221 g/mol. The van der Waals surface area contributed by atoms with Crippen molar-refractivity contribution in [2.75, 3.05) is 0 Å². The summed E-state index contributed by atoms with van der Waals surface area (Å²) in [6.45, 7) is 13.1. The van der Waals surface area contributed by atoms with Gasteiger partial charge < -0.3 is 0 Å². The molecular formula is C16H29. The molecule has 1 aliphatic carbocycles. The molecule has 1 aliphatic rings. The van der Waals surface area contributed by atoms with Crippen LogP contribution in [0, 0.1) is 5.92 Å². The van der Waals surface area contributed by atoms with Crippen LogP contribution < -0.4 is 0 Å². The third-order valence-corrected chi connectivity index (χ3v) is 3.29. The molecule has 0 amide bonds. The summed E-state index contributed by atoms with van der Waals surface area (Å²) in [4.78, 5) is 0. The molecule has 0 saturated heterocycles. The molecule has 0 nitrogen and oxygen atoms in total. The Bertz CT molecular complexity index is 243. The molecule has 0 heteroatoms. The third kappa shape index (κ3) is 3.50. The summed E-state index contributed by atoms with van der Waals surface area (Å²) in [5.74, 6) is 1.67. The lowest BCUT2D eigenvalue weighted by molar-refractivity contribution is 0.788. The molecular weight excluding hydrogens is 192 g/mol. The molecule has 0 fully saturated rings. The topological polar surface area (TPSA) is 0 Å². The van der Waals surface area contributed by atoms with Gasteiger partial charge in [0.25, 0.3) is 0 Å². The van der Waals surface area contributed by atoms with E-state index in [9.17, 15) is 0 Å². The third-order valence-electron chi connectivity index (χ3n) is 3.29. The van der Waals surface area contributed by atoms with Crippen molar-refractivity contribution in [3.63, 3.8) is 0 Å². The Morgan fingerprint density at radius 3 is 1.75 bits per heavy atom. The van der Waals surface area contributed by atoms with Gasteiger partial charge in [-0.05, 0) is 43.3 Å². The molecule has 0 aromatic heterocycles. The Balaban J connectivity index is 0.00000106. The maximum absolute atomic E-state index is 2.44. The van der Waals surface area contributed by atoms with Gasteiger partial charge >= 0.3 is 0 Å². The van der Waals surface area contributed by atoms with E-state index in [2.05, 4.69) is 33.8 Å². The van der Waals surface area contributed by atoms with Crippen molar-refractivity contribution in [1.29, 1.82) is 0 Å². The first-order valence-corrected chi connectivity index (χ1v) is 7.04. The van der Waals surface area contributed by atoms with E-state index in [0.29, 0.717) is 0 Å². The summed E-state index contributed by atoms with van der Waals surface area (Å²) in [7, 11) is 0. The van der Waals surface area contributed by atoms with Crippen molar-refractivity contribution < 1.29 is 0 Å². The van der Waals surface area contributed by atoms with E-state index < -0.39 is 0 Å². The van der Waals surface area contributed by atoms with Crippen molar-refractivity contribution in [3.05, 3.63) is 28.7 Å². The molecule has 1 rings (SSSR count). The zero-order valence-electron chi connectivity index (χ0n) is 12.1. The van der Waals surface area contributed by atoms with Crippen LogP contribution in [0.25, 0.3) is 0 Å². The maximum Gasteiger partial charge on any atom is 0.00464 e. The van der Waals surface area contributed by atoms with E-state index in [0.717, 1.165) is 0 Å². The maximum atomic E-state index is 2.44. The van der Waals surface area contributed by atoms with E-state index in [1.54, 1.807) is 22.6 Å². The minimum absolute atomic E-state index is 1.20. The van der Waals surface area contributed by atoms with Crippen LogP contribution in [0.3, 0.4) is 0 Å². The summed E-state index contributed by atoms with van der Waals surface area (Å²) in [6.07, 6.45) is 8.48. The van der Waals surface area contributed by atoms with Gasteiger partial charge in [0.15, 0.2) is 0 Å². The number of hydrogen-bond acceptors (Lipinski definition) is 0. The molecule has 0 heterocycles. The van der Waals surface area contributed by atoms with Crippen LogP contribution in [-0.2, 0) is 0 Å². The second kappa shape index (κ2) is 8.61. The molecule has 0 unspecified atom stereocenters. The number of hydrogen-bond donors (Lipinski definition) is 0. The van der Waals surface area contributed by atoms with Gasteiger partial charge in [0.2, 0.25) is 0 Å². The van der Waals surface area contributed by atoms with Gasteiger partial charge in [-0.25, -0.2) is 0 Å². The zero-order chi connectivity index (χ0) is 12.6. The van der Waals surface area contributed by atoms with Crippen LogP contribution in [0.15, 0.2) is 22.8 Å². The standard InChI is InChI=1S/C14H23.C2H6/c1-5-11-9-10-12(6-2)14(8-4)13(11)7-3;1-2/h9H,5-8,10H2,1-4H3;1-2H3. The first kappa shape index (κ1) is 15.5. The molecule has 0 spiro atoms. The highest BCUT2D eigenvalue weighted by atomic mass is 14.2. The van der Waals surface area contributed by atoms with Gasteiger partial charge in [-0.15, -0.1) is 0 Å². The normalized spacial score (nSPS) is 16.8. The molecule has 0 N–H and O–H groups in total. The summed E-state index contributed by atoms with van der Waals surface area (Å²) in [5, 5.41) is 0. The first-order valence-electron chi connectivity index (χ1n) is 7.04. The molecule has 1 radical (unpaired) electrons. The second-order valence-electron chi connectivity index (χ2n) is 3.91. The highest BCUT2D eigenvalue weighted by Crippen LogP contribution is 2.37. The predicted molar refractivity (Wildman–Crippen MR) is 75.5 cm³/mol. The fourth-order valence-corrected chi connectivity index (χ4v) is 2.52. The van der Waals surface area contributed by atoms with Crippen molar-refractivity contribution >= 4 is 0 Å². The highest BCUT2D eigenvalue weighted by Gasteiger charge is 2.20. The Morgan fingerprint density at radius 1 is 0.812 bits per heavy atom. The minimum Gasteiger partial charge on any atom is -0.0801 e. The van der Waals surface area contributed by atoms with E-state index in [4.69, 9.17) is 0 Å². The summed E-state index contributed by atoms with van der Waals surface area (Å²) >= 11 is 0. The molecule has 16 heavy (non-hydrogen) atoms. The lowest BCUT2D eigenvalue weighted by atomic mass is 9.79. The second-order valence-corrected chi connectivity index (χ2v) is 3.91. The summed E-state index contributed by atoms with van der Waals surface area (Å²) in [6, 6.07) is 0. The van der Waals surface area contributed by atoms with Crippen LogP contribution in [0.2, 0.25) is 0 Å². The fourth-order valence-electron chi connectivity index (χ4n) is 2.52. The molecule has 93 valence electrons. The minimum atomic E-state index is 1.20. The van der Waals surface area contributed by atoms with Crippen LogP contribution >= 0.6 is 0 Å². The molecule has 0 aliphatic heterocycles. The highest BCUT2D eigenvalue weighted by molar-refractivity contribution is 5.46. The Kier molecular flexibility index (Phi) is 8.33. The Hall–Kier alpha value is -0.520. The molecule has 0 aromatic carbocycles. The Labute approximate surface area is 103 Å². The van der Waals surface area contributed by atoms with Crippen molar-refractivity contribution in [1.82, 2.24) is 0 Å². The van der Waals surface area contributed by atoms with E-state index in [1.165, 1.54) is 32.1 Å². The first-order chi connectivity index (χ1) is 7.78. The van der Waals surface area contributed by atoms with E-state index in [1.807, 2.05) is 13.8 Å². The monoisotopic (exact) mass is 221 g/mol. The fraction of sp³-hybridized carbons (Fsp3) is 0.688. The zero-order valence-corrected chi connectivity index (χ0v) is 12.1. The summed E-state index contributed by atoms with van der Waals surface area (Å²) in [5.41, 5.74) is 4.90. The SMILES string of the molecule is CC.CC[C]1CC=C(CC)C(CC)=C1CC.